The number of para-hydroxylation sites is 1. The van der Waals surface area contributed by atoms with Gasteiger partial charge in [-0.15, -0.1) is 12.4 Å². The Kier molecular flexibility index (Phi) is 7.05. The number of ether oxygens (including phenoxy) is 2. The zero-order chi connectivity index (χ0) is 20.9. The lowest BCUT2D eigenvalue weighted by Gasteiger charge is -2.30. The second-order valence-electron chi connectivity index (χ2n) is 7.47. The molecule has 0 unspecified atom stereocenters. The molecule has 0 spiro atoms. The van der Waals surface area contributed by atoms with Crippen molar-refractivity contribution in [2.75, 3.05) is 26.3 Å². The van der Waals surface area contributed by atoms with Gasteiger partial charge >= 0.3 is 0 Å². The highest BCUT2D eigenvalue weighted by Gasteiger charge is 2.19. The molecule has 1 saturated heterocycles. The molecule has 162 valence electrons. The lowest BCUT2D eigenvalue weighted by atomic mass is 10.0. The van der Waals surface area contributed by atoms with Gasteiger partial charge in [0.25, 0.3) is 0 Å². The molecule has 0 aromatic heterocycles. The number of fused-ring (bicyclic) bond motifs is 1. The Morgan fingerprint density at radius 3 is 2.16 bits per heavy atom. The van der Waals surface area contributed by atoms with E-state index in [4.69, 9.17) is 14.5 Å². The van der Waals surface area contributed by atoms with E-state index in [2.05, 4.69) is 47.4 Å². The summed E-state index contributed by atoms with van der Waals surface area (Å²) in [4.78, 5) is 7.40. The van der Waals surface area contributed by atoms with Gasteiger partial charge in [-0.3, -0.25) is 0 Å². The number of rotatable bonds is 4. The summed E-state index contributed by atoms with van der Waals surface area (Å²) < 4.78 is 11.5. The first-order valence-corrected chi connectivity index (χ1v) is 10.6. The summed E-state index contributed by atoms with van der Waals surface area (Å²) in [5.41, 5.74) is 2.04. The molecule has 0 atom stereocenters. The number of amidine groups is 1. The van der Waals surface area contributed by atoms with Crippen molar-refractivity contribution in [2.45, 2.75) is 0 Å². The smallest absolute Gasteiger partial charge is 0.137 e. The SMILES string of the molecule is Cl.c1ccc(Oc2ccc(N=C(c3cccc4ccccc34)N3CCOCC3)cc2)cc1. The number of benzene rings is 4. The third-order valence-electron chi connectivity index (χ3n) is 5.39. The van der Waals surface area contributed by atoms with Gasteiger partial charge < -0.3 is 14.4 Å². The number of morpholine rings is 1. The molecule has 1 heterocycles. The van der Waals surface area contributed by atoms with Crippen LogP contribution in [0.2, 0.25) is 0 Å². The maximum atomic E-state index is 5.92. The average Bonchev–Trinajstić information content (AvgIpc) is 2.84. The van der Waals surface area contributed by atoms with Crippen LogP contribution in [-0.4, -0.2) is 37.0 Å². The molecular formula is C27H25ClN2O2. The van der Waals surface area contributed by atoms with Crippen LogP contribution in [0.3, 0.4) is 0 Å². The molecule has 5 heteroatoms. The minimum atomic E-state index is 0. The van der Waals surface area contributed by atoms with E-state index in [1.165, 1.54) is 10.8 Å². The highest BCUT2D eigenvalue weighted by atomic mass is 35.5. The zero-order valence-corrected chi connectivity index (χ0v) is 18.5. The fourth-order valence-electron chi connectivity index (χ4n) is 3.83. The molecule has 1 fully saturated rings. The van der Waals surface area contributed by atoms with E-state index >= 15 is 0 Å². The third kappa shape index (κ3) is 4.93. The number of aliphatic imine (C=N–C) groups is 1. The summed E-state index contributed by atoms with van der Waals surface area (Å²) >= 11 is 0. The van der Waals surface area contributed by atoms with Crippen molar-refractivity contribution >= 4 is 34.7 Å². The van der Waals surface area contributed by atoms with E-state index in [0.29, 0.717) is 13.2 Å². The Balaban J connectivity index is 0.00000245. The molecular weight excluding hydrogens is 420 g/mol. The van der Waals surface area contributed by atoms with Crippen LogP contribution in [-0.2, 0) is 4.74 Å². The van der Waals surface area contributed by atoms with E-state index in [1.54, 1.807) is 0 Å². The van der Waals surface area contributed by atoms with Gasteiger partial charge in [0.1, 0.15) is 17.3 Å². The average molecular weight is 445 g/mol. The van der Waals surface area contributed by atoms with Gasteiger partial charge in [0.2, 0.25) is 0 Å². The van der Waals surface area contributed by atoms with Crippen molar-refractivity contribution in [3.63, 3.8) is 0 Å². The molecule has 0 N–H and O–H groups in total. The largest absolute Gasteiger partial charge is 0.457 e. The molecule has 32 heavy (non-hydrogen) atoms. The second-order valence-corrected chi connectivity index (χ2v) is 7.47. The lowest BCUT2D eigenvalue weighted by molar-refractivity contribution is 0.0683. The number of hydrogen-bond acceptors (Lipinski definition) is 3. The summed E-state index contributed by atoms with van der Waals surface area (Å²) in [5.74, 6) is 2.60. The van der Waals surface area contributed by atoms with Gasteiger partial charge in [-0.05, 0) is 47.2 Å². The van der Waals surface area contributed by atoms with Crippen molar-refractivity contribution in [3.8, 4) is 11.5 Å². The maximum Gasteiger partial charge on any atom is 0.137 e. The summed E-state index contributed by atoms with van der Waals surface area (Å²) in [6.07, 6.45) is 0. The van der Waals surface area contributed by atoms with Crippen molar-refractivity contribution in [1.29, 1.82) is 0 Å². The van der Waals surface area contributed by atoms with E-state index in [0.717, 1.165) is 41.7 Å². The molecule has 4 aromatic rings. The number of halogens is 1. The Morgan fingerprint density at radius 1 is 0.719 bits per heavy atom. The fourth-order valence-corrected chi connectivity index (χ4v) is 3.83. The molecule has 0 radical (unpaired) electrons. The first-order chi connectivity index (χ1) is 15.4. The number of hydrogen-bond donors (Lipinski definition) is 0. The van der Waals surface area contributed by atoms with Crippen LogP contribution in [0.25, 0.3) is 10.8 Å². The minimum Gasteiger partial charge on any atom is -0.457 e. The fraction of sp³-hybridized carbons (Fsp3) is 0.148. The van der Waals surface area contributed by atoms with Crippen LogP contribution in [0.1, 0.15) is 5.56 Å². The predicted octanol–water partition coefficient (Wildman–Crippen LogP) is 6.46. The molecule has 5 rings (SSSR count). The lowest BCUT2D eigenvalue weighted by Crippen LogP contribution is -2.41. The van der Waals surface area contributed by atoms with Gasteiger partial charge in [0.15, 0.2) is 0 Å². The first-order valence-electron chi connectivity index (χ1n) is 10.6. The Labute approximate surface area is 194 Å². The second kappa shape index (κ2) is 10.3. The molecule has 0 bridgehead atoms. The zero-order valence-electron chi connectivity index (χ0n) is 17.7. The maximum absolute atomic E-state index is 5.92. The van der Waals surface area contributed by atoms with Crippen molar-refractivity contribution < 1.29 is 9.47 Å². The van der Waals surface area contributed by atoms with E-state index in [1.807, 2.05) is 54.6 Å². The molecule has 0 saturated carbocycles. The van der Waals surface area contributed by atoms with E-state index < -0.39 is 0 Å². The topological polar surface area (TPSA) is 34.1 Å². The van der Waals surface area contributed by atoms with Gasteiger partial charge in [-0.25, -0.2) is 4.99 Å². The van der Waals surface area contributed by atoms with E-state index in [9.17, 15) is 0 Å². The van der Waals surface area contributed by atoms with Crippen molar-refractivity contribution in [3.05, 3.63) is 103 Å². The van der Waals surface area contributed by atoms with Crippen molar-refractivity contribution in [2.24, 2.45) is 4.99 Å². The Morgan fingerprint density at radius 2 is 1.38 bits per heavy atom. The van der Waals surface area contributed by atoms with E-state index in [-0.39, 0.29) is 12.4 Å². The Hall–Kier alpha value is -3.34. The third-order valence-corrected chi connectivity index (χ3v) is 5.39. The monoisotopic (exact) mass is 444 g/mol. The molecule has 1 aliphatic heterocycles. The Bertz CT molecular complexity index is 1180. The van der Waals surface area contributed by atoms with Gasteiger partial charge in [0, 0.05) is 18.7 Å². The van der Waals surface area contributed by atoms with Crippen LogP contribution in [0, 0.1) is 0 Å². The summed E-state index contributed by atoms with van der Waals surface area (Å²) in [5, 5.41) is 2.42. The minimum absolute atomic E-state index is 0. The van der Waals surface area contributed by atoms with Crippen LogP contribution in [0.15, 0.2) is 102 Å². The summed E-state index contributed by atoms with van der Waals surface area (Å²) in [6.45, 7) is 3.09. The summed E-state index contributed by atoms with van der Waals surface area (Å²) in [7, 11) is 0. The molecule has 1 aliphatic rings. The normalized spacial score (nSPS) is 14.1. The molecule has 4 nitrogen and oxygen atoms in total. The van der Waals surface area contributed by atoms with Gasteiger partial charge in [0.05, 0.1) is 18.9 Å². The highest BCUT2D eigenvalue weighted by molar-refractivity contribution is 6.10. The van der Waals surface area contributed by atoms with Crippen LogP contribution in [0.4, 0.5) is 5.69 Å². The first kappa shape index (κ1) is 21.9. The van der Waals surface area contributed by atoms with Gasteiger partial charge in [-0.1, -0.05) is 60.7 Å². The molecule has 0 amide bonds. The number of nitrogens with zero attached hydrogens (tertiary/aromatic N) is 2. The van der Waals surface area contributed by atoms with Crippen LogP contribution < -0.4 is 4.74 Å². The predicted molar refractivity (Wildman–Crippen MR) is 133 cm³/mol. The quantitative estimate of drug-likeness (QED) is 0.267. The van der Waals surface area contributed by atoms with Crippen LogP contribution in [0.5, 0.6) is 11.5 Å². The molecule has 0 aliphatic carbocycles. The van der Waals surface area contributed by atoms with Crippen LogP contribution >= 0.6 is 12.4 Å². The highest BCUT2D eigenvalue weighted by Crippen LogP contribution is 2.26. The standard InChI is InChI=1S/C27H24N2O2.ClH/c1-2-9-23(10-3-1)31-24-15-13-22(14-16-24)28-27(29-17-19-30-20-18-29)26-12-6-8-21-7-4-5-11-25(21)26;/h1-16H,17-20H2;1H. The summed E-state index contributed by atoms with van der Waals surface area (Å²) in [6, 6.07) is 32.6. The van der Waals surface area contributed by atoms with Crippen molar-refractivity contribution in [1.82, 2.24) is 4.90 Å². The van der Waals surface area contributed by atoms with Gasteiger partial charge in [-0.2, -0.15) is 0 Å². The molecule has 4 aromatic carbocycles.